The number of carbonyl (C=O) groups excluding carboxylic acids is 1. The van der Waals surface area contributed by atoms with Crippen LogP contribution in [0.2, 0.25) is 0 Å². The molecule has 3 aliphatic rings. The van der Waals surface area contributed by atoms with Crippen molar-refractivity contribution in [3.05, 3.63) is 41.4 Å². The van der Waals surface area contributed by atoms with Crippen molar-refractivity contribution >= 4 is 34.5 Å². The lowest BCUT2D eigenvalue weighted by Gasteiger charge is -2.44. The molecule has 0 amide bonds. The van der Waals surface area contributed by atoms with Gasteiger partial charge >= 0.3 is 0 Å². The normalized spacial score (nSPS) is 23.2. The van der Waals surface area contributed by atoms with E-state index in [4.69, 9.17) is 9.90 Å². The maximum absolute atomic E-state index is 13.0. The van der Waals surface area contributed by atoms with Gasteiger partial charge in [0.2, 0.25) is 0 Å². The van der Waals surface area contributed by atoms with Crippen molar-refractivity contribution in [3.8, 4) is 10.4 Å². The average Bonchev–Trinajstić information content (AvgIpc) is 3.39. The zero-order valence-electron chi connectivity index (χ0n) is 15.5. The Morgan fingerprint density at radius 2 is 2.11 bits per heavy atom. The van der Waals surface area contributed by atoms with Gasteiger partial charge in [0.25, 0.3) is 6.47 Å². The number of nitrogens with one attached hydrogen (secondary N) is 1. The standard InChI is InChI=1S/C20H21N3OS.CH2O2/c24-18(11-15-12-23-7-5-13(15)6-8-23)20-16-10-14(19-2-1-9-25-19)3-4-17(16)21-22-20;2-1-3/h1-4,9-10,13,15H,5-8,11-12H2,(H,21,22);1H,(H,2,3)/t15-;/m1./s1. The van der Waals surface area contributed by atoms with Crippen LogP contribution in [-0.4, -0.2) is 52.1 Å². The molecular weight excluding hydrogens is 374 g/mol. The van der Waals surface area contributed by atoms with E-state index in [9.17, 15) is 4.79 Å². The van der Waals surface area contributed by atoms with E-state index in [1.165, 1.54) is 30.8 Å². The summed E-state index contributed by atoms with van der Waals surface area (Å²) in [5.74, 6) is 1.41. The quantitative estimate of drug-likeness (QED) is 0.515. The van der Waals surface area contributed by atoms with E-state index in [1.54, 1.807) is 11.3 Å². The number of fused-ring (bicyclic) bond motifs is 4. The Kier molecular flexibility index (Phi) is 5.54. The fourth-order valence-electron chi connectivity index (χ4n) is 4.48. The summed E-state index contributed by atoms with van der Waals surface area (Å²) in [5, 5.41) is 17.3. The molecule has 1 aromatic carbocycles. The molecule has 2 bridgehead atoms. The van der Waals surface area contributed by atoms with E-state index in [2.05, 4.69) is 44.7 Å². The lowest BCUT2D eigenvalue weighted by Crippen LogP contribution is -2.47. The van der Waals surface area contributed by atoms with Gasteiger partial charge in [0.1, 0.15) is 5.69 Å². The highest BCUT2D eigenvalue weighted by atomic mass is 32.1. The molecule has 0 aliphatic carbocycles. The highest BCUT2D eigenvalue weighted by Gasteiger charge is 2.35. The molecule has 1 atom stereocenters. The minimum absolute atomic E-state index is 0.188. The van der Waals surface area contributed by atoms with Crippen molar-refractivity contribution in [2.75, 3.05) is 19.6 Å². The maximum atomic E-state index is 13.0. The number of piperidine rings is 3. The van der Waals surface area contributed by atoms with Gasteiger partial charge in [-0.15, -0.1) is 11.3 Å². The van der Waals surface area contributed by atoms with E-state index in [-0.39, 0.29) is 12.3 Å². The predicted octanol–water partition coefficient (Wildman–Crippen LogP) is 3.91. The Morgan fingerprint density at radius 3 is 2.75 bits per heavy atom. The van der Waals surface area contributed by atoms with Gasteiger partial charge in [-0.25, -0.2) is 0 Å². The van der Waals surface area contributed by atoms with Gasteiger partial charge in [-0.05, 0) is 66.9 Å². The fraction of sp³-hybridized carbons (Fsp3) is 0.381. The minimum atomic E-state index is -0.250. The lowest BCUT2D eigenvalue weighted by molar-refractivity contribution is -0.122. The largest absolute Gasteiger partial charge is 0.483 e. The summed E-state index contributed by atoms with van der Waals surface area (Å²) in [6.45, 7) is 3.26. The number of ketones is 1. The highest BCUT2D eigenvalue weighted by Crippen LogP contribution is 2.35. The third kappa shape index (κ3) is 3.72. The number of H-pyrrole nitrogens is 1. The summed E-state index contributed by atoms with van der Waals surface area (Å²) in [6.07, 6.45) is 3.13. The van der Waals surface area contributed by atoms with E-state index in [0.717, 1.165) is 28.9 Å². The summed E-state index contributed by atoms with van der Waals surface area (Å²) in [4.78, 5) is 25.1. The number of carbonyl (C=O) groups is 2. The van der Waals surface area contributed by atoms with Gasteiger partial charge in [0, 0.05) is 23.2 Å². The SMILES string of the molecule is O=C(C[C@@H]1CN2CCC1CC2)c1n[nH]c2ccc(-c3cccs3)cc12.O=CO. The van der Waals surface area contributed by atoms with Crippen LogP contribution >= 0.6 is 11.3 Å². The second-order valence-electron chi connectivity index (χ2n) is 7.44. The molecule has 0 radical (unpaired) electrons. The molecule has 146 valence electrons. The Bertz CT molecular complexity index is 959. The van der Waals surface area contributed by atoms with Crippen LogP contribution in [0.4, 0.5) is 0 Å². The first kappa shape index (κ1) is 18.8. The first-order valence-corrected chi connectivity index (χ1v) is 10.4. The summed E-state index contributed by atoms with van der Waals surface area (Å²) in [5.41, 5.74) is 2.71. The second-order valence-corrected chi connectivity index (χ2v) is 8.39. The van der Waals surface area contributed by atoms with Crippen molar-refractivity contribution in [1.82, 2.24) is 15.1 Å². The number of hydrogen-bond donors (Lipinski definition) is 2. The number of rotatable bonds is 4. The molecular formula is C21H23N3O3S. The van der Waals surface area contributed by atoms with Gasteiger partial charge in [0.05, 0.1) is 5.52 Å². The molecule has 0 spiro atoms. The Morgan fingerprint density at radius 1 is 1.32 bits per heavy atom. The van der Waals surface area contributed by atoms with Crippen LogP contribution in [0.15, 0.2) is 35.7 Å². The number of Topliss-reactive ketones (excluding diaryl/α,β-unsaturated/α-hetero) is 1. The van der Waals surface area contributed by atoms with Crippen LogP contribution in [0, 0.1) is 11.8 Å². The summed E-state index contributed by atoms with van der Waals surface area (Å²) < 4.78 is 0. The number of benzene rings is 1. The Labute approximate surface area is 167 Å². The molecule has 0 saturated carbocycles. The fourth-order valence-corrected chi connectivity index (χ4v) is 5.20. The summed E-state index contributed by atoms with van der Waals surface area (Å²) in [7, 11) is 0. The van der Waals surface area contributed by atoms with Crippen LogP contribution in [0.1, 0.15) is 29.8 Å². The topological polar surface area (TPSA) is 86.3 Å². The van der Waals surface area contributed by atoms with E-state index in [1.807, 2.05) is 6.07 Å². The van der Waals surface area contributed by atoms with Crippen molar-refractivity contribution < 1.29 is 14.7 Å². The monoisotopic (exact) mass is 397 g/mol. The first-order chi connectivity index (χ1) is 13.7. The summed E-state index contributed by atoms with van der Waals surface area (Å²) in [6, 6.07) is 10.4. The van der Waals surface area contributed by atoms with Crippen LogP contribution in [0.3, 0.4) is 0 Å². The molecule has 3 saturated heterocycles. The van der Waals surface area contributed by atoms with Gasteiger partial charge in [-0.3, -0.25) is 14.7 Å². The smallest absolute Gasteiger partial charge is 0.290 e. The lowest BCUT2D eigenvalue weighted by atomic mass is 9.76. The average molecular weight is 398 g/mol. The first-order valence-electron chi connectivity index (χ1n) is 9.55. The molecule has 0 unspecified atom stereocenters. The molecule has 28 heavy (non-hydrogen) atoms. The van der Waals surface area contributed by atoms with Crippen LogP contribution < -0.4 is 0 Å². The number of aromatic amines is 1. The van der Waals surface area contributed by atoms with Crippen LogP contribution in [0.25, 0.3) is 21.3 Å². The molecule has 6 rings (SSSR count). The predicted molar refractivity (Wildman–Crippen MR) is 110 cm³/mol. The Hall–Kier alpha value is -2.51. The third-order valence-corrected chi connectivity index (χ3v) is 6.79. The van der Waals surface area contributed by atoms with Crippen LogP contribution in [0.5, 0.6) is 0 Å². The van der Waals surface area contributed by atoms with Gasteiger partial charge in [0.15, 0.2) is 5.78 Å². The number of aromatic nitrogens is 2. The number of nitrogens with zero attached hydrogens (tertiary/aromatic N) is 2. The zero-order chi connectivity index (χ0) is 19.5. The molecule has 6 nitrogen and oxygen atoms in total. The number of hydrogen-bond acceptors (Lipinski definition) is 5. The van der Waals surface area contributed by atoms with Crippen molar-refractivity contribution in [3.63, 3.8) is 0 Å². The molecule has 3 aromatic rings. The van der Waals surface area contributed by atoms with E-state index < -0.39 is 0 Å². The number of thiophene rings is 1. The van der Waals surface area contributed by atoms with Gasteiger partial charge in [-0.2, -0.15) is 5.10 Å². The van der Waals surface area contributed by atoms with Gasteiger partial charge < -0.3 is 10.0 Å². The molecule has 3 fully saturated rings. The molecule has 5 heterocycles. The van der Waals surface area contributed by atoms with Crippen molar-refractivity contribution in [2.45, 2.75) is 19.3 Å². The maximum Gasteiger partial charge on any atom is 0.290 e. The van der Waals surface area contributed by atoms with E-state index >= 15 is 0 Å². The van der Waals surface area contributed by atoms with Crippen LogP contribution in [-0.2, 0) is 4.79 Å². The van der Waals surface area contributed by atoms with Gasteiger partial charge in [-0.1, -0.05) is 12.1 Å². The third-order valence-electron chi connectivity index (χ3n) is 5.87. The minimum Gasteiger partial charge on any atom is -0.483 e. The van der Waals surface area contributed by atoms with Crippen molar-refractivity contribution in [2.24, 2.45) is 11.8 Å². The highest BCUT2D eigenvalue weighted by molar-refractivity contribution is 7.13. The molecule has 3 aliphatic heterocycles. The van der Waals surface area contributed by atoms with Crippen molar-refractivity contribution in [1.29, 1.82) is 0 Å². The zero-order valence-corrected chi connectivity index (χ0v) is 16.3. The molecule has 2 N–H and O–H groups in total. The summed E-state index contributed by atoms with van der Waals surface area (Å²) >= 11 is 1.72. The number of carboxylic acid groups (broad SMARTS) is 1. The molecule has 2 aromatic heterocycles. The van der Waals surface area contributed by atoms with E-state index in [0.29, 0.717) is 18.0 Å². The second kappa shape index (κ2) is 8.24. The Balaban J connectivity index is 0.000000604. The molecule has 7 heteroatoms.